The average molecular weight is 439 g/mol. The van der Waals surface area contributed by atoms with E-state index in [9.17, 15) is 18.4 Å². The average Bonchev–Trinajstić information content (AvgIpc) is 3.25. The topological polar surface area (TPSA) is 96.4 Å². The number of anilines is 1. The van der Waals surface area contributed by atoms with Crippen molar-refractivity contribution in [2.24, 2.45) is 0 Å². The molecule has 0 aliphatic carbocycles. The number of carbonyl (C=O) groups excluding carboxylic acids is 2. The van der Waals surface area contributed by atoms with Gasteiger partial charge < -0.3 is 14.1 Å². The van der Waals surface area contributed by atoms with Crippen LogP contribution in [0.25, 0.3) is 11.3 Å². The molecule has 0 saturated heterocycles. The Morgan fingerprint density at radius 2 is 1.81 bits per heavy atom. The van der Waals surface area contributed by atoms with E-state index in [1.165, 1.54) is 17.2 Å². The zero-order valence-corrected chi connectivity index (χ0v) is 17.0. The largest absolute Gasteiger partial charge is 0.456 e. The minimum atomic E-state index is -0.787. The second kappa shape index (κ2) is 10.8. The lowest BCUT2D eigenvalue weighted by Gasteiger charge is -2.21. The maximum atomic E-state index is 13.8. The summed E-state index contributed by atoms with van der Waals surface area (Å²) < 4.78 is 38.1. The molecule has 32 heavy (non-hydrogen) atoms. The van der Waals surface area contributed by atoms with Crippen LogP contribution in [0, 0.1) is 23.0 Å². The lowest BCUT2D eigenvalue weighted by molar-refractivity contribution is -0.147. The SMILES string of the molecule is N#CCCN(C(=O)COC(=O)CCc1ncc(-c2c(F)cccc2F)o1)c1ccccc1. The number of ether oxygens (including phenoxy) is 1. The van der Waals surface area contributed by atoms with E-state index >= 15 is 0 Å². The number of nitrogens with zero attached hydrogens (tertiary/aromatic N) is 3. The third kappa shape index (κ3) is 5.76. The molecule has 0 N–H and O–H groups in total. The first-order valence-electron chi connectivity index (χ1n) is 9.76. The van der Waals surface area contributed by atoms with Gasteiger partial charge in [0.25, 0.3) is 5.91 Å². The number of benzene rings is 2. The van der Waals surface area contributed by atoms with Gasteiger partial charge in [0.1, 0.15) is 11.6 Å². The van der Waals surface area contributed by atoms with E-state index in [0.29, 0.717) is 5.69 Å². The quantitative estimate of drug-likeness (QED) is 0.467. The highest BCUT2D eigenvalue weighted by Crippen LogP contribution is 2.26. The van der Waals surface area contributed by atoms with Crippen molar-refractivity contribution in [3.63, 3.8) is 0 Å². The highest BCUT2D eigenvalue weighted by atomic mass is 19.1. The van der Waals surface area contributed by atoms with Gasteiger partial charge in [-0.2, -0.15) is 5.26 Å². The Hall–Kier alpha value is -4.06. The van der Waals surface area contributed by atoms with Crippen molar-refractivity contribution < 1.29 is 27.5 Å². The normalized spacial score (nSPS) is 10.4. The van der Waals surface area contributed by atoms with E-state index in [1.807, 2.05) is 6.07 Å². The molecule has 9 heteroatoms. The summed E-state index contributed by atoms with van der Waals surface area (Å²) in [6, 6.07) is 14.2. The van der Waals surface area contributed by atoms with Crippen LogP contribution in [0.1, 0.15) is 18.7 Å². The number of aromatic nitrogens is 1. The summed E-state index contributed by atoms with van der Waals surface area (Å²) in [5.74, 6) is -2.69. The molecule has 1 heterocycles. The zero-order chi connectivity index (χ0) is 22.9. The third-order valence-corrected chi connectivity index (χ3v) is 4.48. The van der Waals surface area contributed by atoms with Gasteiger partial charge in [-0.1, -0.05) is 24.3 Å². The van der Waals surface area contributed by atoms with Gasteiger partial charge in [0.05, 0.1) is 30.7 Å². The van der Waals surface area contributed by atoms with E-state index in [1.54, 1.807) is 30.3 Å². The van der Waals surface area contributed by atoms with Gasteiger partial charge in [-0.3, -0.25) is 9.59 Å². The molecule has 1 amide bonds. The summed E-state index contributed by atoms with van der Waals surface area (Å²) in [5, 5.41) is 8.82. The summed E-state index contributed by atoms with van der Waals surface area (Å²) in [7, 11) is 0. The van der Waals surface area contributed by atoms with Crippen LogP contribution in [0.5, 0.6) is 0 Å². The number of amides is 1. The molecule has 0 spiro atoms. The molecule has 2 aromatic carbocycles. The van der Waals surface area contributed by atoms with Gasteiger partial charge >= 0.3 is 5.97 Å². The molecule has 3 rings (SSSR count). The van der Waals surface area contributed by atoms with Gasteiger partial charge in [0.15, 0.2) is 18.3 Å². The van der Waals surface area contributed by atoms with Crippen molar-refractivity contribution in [3.8, 4) is 17.4 Å². The highest BCUT2D eigenvalue weighted by molar-refractivity contribution is 5.95. The summed E-state index contributed by atoms with van der Waals surface area (Å²) in [6.45, 7) is -0.320. The van der Waals surface area contributed by atoms with Crippen molar-refractivity contribution in [2.45, 2.75) is 19.3 Å². The first-order chi connectivity index (χ1) is 15.5. The molecule has 0 unspecified atom stereocenters. The number of rotatable bonds is 9. The molecule has 0 aliphatic rings. The number of halogens is 2. The maximum absolute atomic E-state index is 13.8. The molecular weight excluding hydrogens is 420 g/mol. The first-order valence-corrected chi connectivity index (χ1v) is 9.76. The lowest BCUT2D eigenvalue weighted by atomic mass is 10.1. The van der Waals surface area contributed by atoms with E-state index < -0.39 is 30.1 Å². The molecule has 0 radical (unpaired) electrons. The van der Waals surface area contributed by atoms with Crippen LogP contribution in [0.15, 0.2) is 59.1 Å². The molecule has 1 aromatic heterocycles. The smallest absolute Gasteiger partial charge is 0.306 e. The fourth-order valence-corrected chi connectivity index (χ4v) is 2.94. The van der Waals surface area contributed by atoms with Gasteiger partial charge in [-0.25, -0.2) is 13.8 Å². The predicted molar refractivity (Wildman–Crippen MR) is 110 cm³/mol. The minimum absolute atomic E-state index is 0.0277. The number of para-hydroxylation sites is 1. The number of aryl methyl sites for hydroxylation is 1. The second-order valence-electron chi connectivity index (χ2n) is 6.66. The summed E-state index contributed by atoms with van der Waals surface area (Å²) in [6.07, 6.45) is 1.19. The van der Waals surface area contributed by atoms with Crippen LogP contribution in [0.3, 0.4) is 0 Å². The Bertz CT molecular complexity index is 1110. The number of hydrogen-bond acceptors (Lipinski definition) is 6. The Morgan fingerprint density at radius 1 is 1.09 bits per heavy atom. The molecule has 0 saturated carbocycles. The van der Waals surface area contributed by atoms with Crippen LogP contribution < -0.4 is 4.90 Å². The van der Waals surface area contributed by atoms with Crippen molar-refractivity contribution in [1.82, 2.24) is 4.98 Å². The molecule has 0 bridgehead atoms. The van der Waals surface area contributed by atoms with Crippen molar-refractivity contribution in [1.29, 1.82) is 5.26 Å². The van der Waals surface area contributed by atoms with Crippen molar-refractivity contribution in [3.05, 3.63) is 72.3 Å². The number of hydrogen-bond donors (Lipinski definition) is 0. The van der Waals surface area contributed by atoms with E-state index in [2.05, 4.69) is 4.98 Å². The Labute approximate surface area is 182 Å². The molecule has 0 atom stereocenters. The standard InChI is InChI=1S/C23H19F2N3O4/c24-17-8-4-9-18(25)23(17)19-14-27-20(32-19)10-11-22(30)31-15-21(29)28(13-5-12-26)16-6-2-1-3-7-16/h1-4,6-9,14H,5,10-11,13,15H2. The van der Waals surface area contributed by atoms with Gasteiger partial charge in [-0.05, 0) is 24.3 Å². The molecule has 0 aliphatic heterocycles. The van der Waals surface area contributed by atoms with Crippen LogP contribution in [0.2, 0.25) is 0 Å². The summed E-state index contributed by atoms with van der Waals surface area (Å²) >= 11 is 0. The number of nitriles is 1. The van der Waals surface area contributed by atoms with Crippen LogP contribution in [-0.4, -0.2) is 30.0 Å². The van der Waals surface area contributed by atoms with E-state index in [-0.39, 0.29) is 43.0 Å². The molecule has 3 aromatic rings. The second-order valence-corrected chi connectivity index (χ2v) is 6.66. The zero-order valence-electron chi connectivity index (χ0n) is 17.0. The third-order valence-electron chi connectivity index (χ3n) is 4.48. The molecule has 7 nitrogen and oxygen atoms in total. The fourth-order valence-electron chi connectivity index (χ4n) is 2.94. The molecular formula is C23H19F2N3O4. The maximum Gasteiger partial charge on any atom is 0.306 e. The van der Waals surface area contributed by atoms with Crippen molar-refractivity contribution >= 4 is 17.6 Å². The summed E-state index contributed by atoms with van der Waals surface area (Å²) in [5.41, 5.74) is 0.259. The first kappa shape index (κ1) is 22.6. The predicted octanol–water partition coefficient (Wildman–Crippen LogP) is 4.04. The molecule has 0 fully saturated rings. The lowest BCUT2D eigenvalue weighted by Crippen LogP contribution is -2.35. The van der Waals surface area contributed by atoms with Crippen LogP contribution in [-0.2, 0) is 20.7 Å². The number of oxazole rings is 1. The van der Waals surface area contributed by atoms with E-state index in [4.69, 9.17) is 14.4 Å². The molecule has 164 valence electrons. The highest BCUT2D eigenvalue weighted by Gasteiger charge is 2.19. The Balaban J connectivity index is 1.53. The number of esters is 1. The Kier molecular flexibility index (Phi) is 7.65. The van der Waals surface area contributed by atoms with Gasteiger partial charge in [-0.15, -0.1) is 0 Å². The summed E-state index contributed by atoms with van der Waals surface area (Å²) in [4.78, 5) is 29.8. The van der Waals surface area contributed by atoms with Gasteiger partial charge in [0.2, 0.25) is 0 Å². The monoisotopic (exact) mass is 439 g/mol. The van der Waals surface area contributed by atoms with Crippen LogP contribution >= 0.6 is 0 Å². The Morgan fingerprint density at radius 3 is 2.50 bits per heavy atom. The number of carbonyl (C=O) groups is 2. The van der Waals surface area contributed by atoms with E-state index in [0.717, 1.165) is 12.1 Å². The van der Waals surface area contributed by atoms with Crippen LogP contribution in [0.4, 0.5) is 14.5 Å². The minimum Gasteiger partial charge on any atom is -0.456 e. The van der Waals surface area contributed by atoms with Gasteiger partial charge in [0, 0.05) is 18.7 Å². The fraction of sp³-hybridized carbons (Fsp3) is 0.217. The van der Waals surface area contributed by atoms with Crippen molar-refractivity contribution in [2.75, 3.05) is 18.1 Å².